The minimum absolute atomic E-state index is 0.149. The molecule has 10 heteroatoms. The fraction of sp³-hybridized carbons (Fsp3) is 0.500. The molecule has 2 fully saturated rings. The second kappa shape index (κ2) is 6.86. The molecule has 2 bridgehead atoms. The molecule has 7 nitrogen and oxygen atoms in total. The summed E-state index contributed by atoms with van der Waals surface area (Å²) in [5, 5.41) is 15.2. The summed E-state index contributed by atoms with van der Waals surface area (Å²) in [5.74, 6) is -0.149. The van der Waals surface area contributed by atoms with Crippen molar-refractivity contribution < 1.29 is 23.0 Å². The molecule has 4 heterocycles. The number of oxazole rings is 1. The molecule has 0 amide bonds. The Kier molecular flexibility index (Phi) is 4.49. The average Bonchev–Trinajstić information content (AvgIpc) is 3.41. The lowest BCUT2D eigenvalue weighted by Crippen LogP contribution is -2.51. The monoisotopic (exact) mass is 436 g/mol. The van der Waals surface area contributed by atoms with Crippen molar-refractivity contribution in [3.8, 4) is 17.0 Å². The summed E-state index contributed by atoms with van der Waals surface area (Å²) in [6.07, 6.45) is -1.62. The standard InChI is InChI=1S/C20H22F2N4O3S/c1-19(2,27)20(21,22)29-15-6-5-13(14-7-8-30-25-14)17-16(15)24-18(28-17)26-9-11-3-4-12(10-26)23-11/h5-8,11-12,23,27H,3-4,9-10H2,1-2H3. The van der Waals surface area contributed by atoms with Gasteiger partial charge in [0, 0.05) is 36.1 Å². The summed E-state index contributed by atoms with van der Waals surface area (Å²) in [5.41, 5.74) is -0.510. The van der Waals surface area contributed by atoms with Crippen LogP contribution in [0.15, 0.2) is 28.0 Å². The Balaban J connectivity index is 1.60. The molecule has 2 saturated heterocycles. The van der Waals surface area contributed by atoms with E-state index in [1.54, 1.807) is 6.07 Å². The maximum absolute atomic E-state index is 14.4. The number of rotatable bonds is 5. The SMILES string of the molecule is CC(C)(O)C(F)(F)Oc1ccc(-c2ccsn2)c2oc(N3CC4CCC(C3)N4)nc12. The molecule has 0 aliphatic carbocycles. The van der Waals surface area contributed by atoms with Crippen LogP contribution >= 0.6 is 11.5 Å². The number of nitrogens with zero attached hydrogens (tertiary/aromatic N) is 3. The first kappa shape index (κ1) is 19.7. The zero-order valence-corrected chi connectivity index (χ0v) is 17.4. The summed E-state index contributed by atoms with van der Waals surface area (Å²) >= 11 is 1.29. The van der Waals surface area contributed by atoms with Crippen LogP contribution in [-0.4, -0.2) is 51.3 Å². The molecule has 2 unspecified atom stereocenters. The average molecular weight is 436 g/mol. The lowest BCUT2D eigenvalue weighted by atomic mass is 10.1. The molecule has 2 N–H and O–H groups in total. The van der Waals surface area contributed by atoms with Gasteiger partial charge in [0.25, 0.3) is 6.01 Å². The van der Waals surface area contributed by atoms with Crippen LogP contribution in [0.2, 0.25) is 0 Å². The predicted octanol–water partition coefficient (Wildman–Crippen LogP) is 3.63. The van der Waals surface area contributed by atoms with Crippen LogP contribution in [0.25, 0.3) is 22.4 Å². The zero-order valence-electron chi connectivity index (χ0n) is 16.6. The van der Waals surface area contributed by atoms with Crippen LogP contribution in [-0.2, 0) is 0 Å². The van der Waals surface area contributed by atoms with Crippen LogP contribution in [0.4, 0.5) is 14.8 Å². The molecule has 1 aromatic carbocycles. The second-order valence-electron chi connectivity index (χ2n) is 8.39. The van der Waals surface area contributed by atoms with Gasteiger partial charge in [0.2, 0.25) is 0 Å². The number of ether oxygens (including phenoxy) is 1. The Labute approximate surface area is 175 Å². The van der Waals surface area contributed by atoms with E-state index in [0.717, 1.165) is 39.8 Å². The highest BCUT2D eigenvalue weighted by Gasteiger charge is 2.49. The van der Waals surface area contributed by atoms with Gasteiger partial charge < -0.3 is 24.5 Å². The normalized spacial score (nSPS) is 22.1. The third-order valence-electron chi connectivity index (χ3n) is 5.65. The van der Waals surface area contributed by atoms with Crippen molar-refractivity contribution in [3.05, 3.63) is 23.6 Å². The number of piperazine rings is 1. The van der Waals surface area contributed by atoms with Gasteiger partial charge in [-0.05, 0) is 56.4 Å². The van der Waals surface area contributed by atoms with E-state index >= 15 is 0 Å². The molecule has 0 saturated carbocycles. The molecule has 2 aliphatic rings. The quantitative estimate of drug-likeness (QED) is 0.632. The van der Waals surface area contributed by atoms with Gasteiger partial charge in [-0.15, -0.1) is 0 Å². The predicted molar refractivity (Wildman–Crippen MR) is 109 cm³/mol. The first-order chi connectivity index (χ1) is 14.2. The van der Waals surface area contributed by atoms with Gasteiger partial charge in [0.1, 0.15) is 0 Å². The summed E-state index contributed by atoms with van der Waals surface area (Å²) in [6, 6.07) is 5.99. The minimum Gasteiger partial charge on any atom is -0.428 e. The van der Waals surface area contributed by atoms with E-state index in [1.165, 1.54) is 17.6 Å². The van der Waals surface area contributed by atoms with E-state index < -0.39 is 11.7 Å². The van der Waals surface area contributed by atoms with Crippen molar-refractivity contribution >= 4 is 28.6 Å². The third-order valence-corrected chi connectivity index (χ3v) is 6.21. The number of alkyl halides is 2. The van der Waals surface area contributed by atoms with Crippen molar-refractivity contribution in [3.63, 3.8) is 0 Å². The molecular weight excluding hydrogens is 414 g/mol. The molecule has 2 atom stereocenters. The number of hydrogen-bond acceptors (Lipinski definition) is 8. The van der Waals surface area contributed by atoms with Crippen LogP contribution in [0.5, 0.6) is 5.75 Å². The van der Waals surface area contributed by atoms with E-state index in [0.29, 0.717) is 34.9 Å². The number of aliphatic hydroxyl groups is 1. The second-order valence-corrected chi connectivity index (χ2v) is 9.06. The minimum atomic E-state index is -3.81. The maximum Gasteiger partial charge on any atom is 0.426 e. The lowest BCUT2D eigenvalue weighted by Gasteiger charge is -2.31. The molecule has 3 aromatic rings. The fourth-order valence-corrected chi connectivity index (χ4v) is 4.48. The van der Waals surface area contributed by atoms with E-state index in [1.807, 2.05) is 16.3 Å². The highest BCUT2D eigenvalue weighted by atomic mass is 32.1. The molecule has 5 rings (SSSR count). The van der Waals surface area contributed by atoms with E-state index in [-0.39, 0.29) is 11.3 Å². The van der Waals surface area contributed by atoms with Crippen LogP contribution in [0, 0.1) is 0 Å². The fourth-order valence-electron chi connectivity index (χ4n) is 3.96. The number of hydrogen-bond donors (Lipinski definition) is 2. The molecule has 30 heavy (non-hydrogen) atoms. The largest absolute Gasteiger partial charge is 0.428 e. The molecule has 0 radical (unpaired) electrons. The lowest BCUT2D eigenvalue weighted by molar-refractivity contribution is -0.275. The van der Waals surface area contributed by atoms with Gasteiger partial charge >= 0.3 is 6.11 Å². The Morgan fingerprint density at radius 3 is 2.60 bits per heavy atom. The Morgan fingerprint density at radius 1 is 1.23 bits per heavy atom. The summed E-state index contributed by atoms with van der Waals surface area (Å²) in [7, 11) is 0. The highest BCUT2D eigenvalue weighted by Crippen LogP contribution is 2.40. The Hall–Kier alpha value is -2.30. The van der Waals surface area contributed by atoms with Gasteiger partial charge in [-0.1, -0.05) is 0 Å². The maximum atomic E-state index is 14.4. The number of benzene rings is 1. The van der Waals surface area contributed by atoms with Crippen LogP contribution < -0.4 is 15.0 Å². The third kappa shape index (κ3) is 3.32. The summed E-state index contributed by atoms with van der Waals surface area (Å²) in [4.78, 5) is 6.58. The number of anilines is 1. The topological polar surface area (TPSA) is 83.7 Å². The zero-order chi connectivity index (χ0) is 21.1. The molecule has 0 spiro atoms. The number of fused-ring (bicyclic) bond motifs is 3. The van der Waals surface area contributed by atoms with Crippen LogP contribution in [0.3, 0.4) is 0 Å². The molecule has 2 aliphatic heterocycles. The molecular formula is C20H22F2N4O3S. The highest BCUT2D eigenvalue weighted by molar-refractivity contribution is 7.03. The van der Waals surface area contributed by atoms with Crippen molar-refractivity contribution in [2.24, 2.45) is 0 Å². The summed E-state index contributed by atoms with van der Waals surface area (Å²) < 4.78 is 44.2. The van der Waals surface area contributed by atoms with E-state index in [2.05, 4.69) is 14.7 Å². The number of nitrogens with one attached hydrogen (secondary N) is 1. The first-order valence-corrected chi connectivity index (χ1v) is 10.7. The first-order valence-electron chi connectivity index (χ1n) is 9.86. The van der Waals surface area contributed by atoms with Crippen molar-refractivity contribution in [2.75, 3.05) is 18.0 Å². The van der Waals surface area contributed by atoms with Gasteiger partial charge in [-0.2, -0.15) is 18.1 Å². The smallest absolute Gasteiger partial charge is 0.426 e. The van der Waals surface area contributed by atoms with Gasteiger partial charge in [0.15, 0.2) is 22.5 Å². The van der Waals surface area contributed by atoms with E-state index in [9.17, 15) is 13.9 Å². The number of halogens is 2. The van der Waals surface area contributed by atoms with Crippen molar-refractivity contribution in [1.82, 2.24) is 14.7 Å². The molecule has 160 valence electrons. The number of aromatic nitrogens is 2. The van der Waals surface area contributed by atoms with Gasteiger partial charge in [-0.25, -0.2) is 0 Å². The van der Waals surface area contributed by atoms with Crippen molar-refractivity contribution in [1.29, 1.82) is 0 Å². The van der Waals surface area contributed by atoms with Crippen LogP contribution in [0.1, 0.15) is 26.7 Å². The molecule has 2 aromatic heterocycles. The van der Waals surface area contributed by atoms with E-state index in [4.69, 9.17) is 9.15 Å². The van der Waals surface area contributed by atoms with Gasteiger partial charge in [-0.3, -0.25) is 0 Å². The Morgan fingerprint density at radius 2 is 1.97 bits per heavy atom. The summed E-state index contributed by atoms with van der Waals surface area (Å²) in [6.45, 7) is 3.48. The van der Waals surface area contributed by atoms with Crippen molar-refractivity contribution in [2.45, 2.75) is 50.5 Å². The van der Waals surface area contributed by atoms with Gasteiger partial charge in [0.05, 0.1) is 5.69 Å². The Bertz CT molecular complexity index is 1050.